The molecule has 0 saturated carbocycles. The number of aliphatic hydroxyl groups excluding tert-OH is 1. The molecular weight excluding hydrogens is 298 g/mol. The van der Waals surface area contributed by atoms with Gasteiger partial charge >= 0.3 is 0 Å². The number of aliphatic hydroxyl groups is 1. The van der Waals surface area contributed by atoms with Gasteiger partial charge in [0.2, 0.25) is 0 Å². The van der Waals surface area contributed by atoms with E-state index >= 15 is 0 Å². The second-order valence-corrected chi connectivity index (χ2v) is 6.52. The van der Waals surface area contributed by atoms with Crippen LogP contribution in [0.25, 0.3) is 0 Å². The first-order valence-corrected chi connectivity index (χ1v) is 8.93. The molecule has 3 nitrogen and oxygen atoms in total. The van der Waals surface area contributed by atoms with Gasteiger partial charge in [-0.05, 0) is 37.1 Å². The Bertz CT molecular complexity index is 581. The van der Waals surface area contributed by atoms with Crippen LogP contribution in [-0.4, -0.2) is 35.8 Å². The Kier molecular flexibility index (Phi) is 6.41. The normalized spacial score (nSPS) is 18.2. The SMILES string of the molecule is O[C@@H](COCc1ccccc1)[C@@H](c1ccccc1)N1CCCCC1. The van der Waals surface area contributed by atoms with Gasteiger partial charge in [0.15, 0.2) is 0 Å². The number of likely N-dealkylation sites (tertiary alicyclic amines) is 1. The second kappa shape index (κ2) is 8.97. The van der Waals surface area contributed by atoms with Crippen LogP contribution in [0.1, 0.15) is 36.4 Å². The standard InChI is InChI=1S/C21H27NO2/c23-20(17-24-16-18-10-4-1-5-11-18)21(19-12-6-2-7-13-19)22-14-8-3-9-15-22/h1-2,4-7,10-13,20-21,23H,3,8-9,14-17H2/t20-,21+/m0/s1. The molecule has 0 aromatic heterocycles. The van der Waals surface area contributed by atoms with Crippen LogP contribution in [0.5, 0.6) is 0 Å². The summed E-state index contributed by atoms with van der Waals surface area (Å²) in [6.45, 7) is 3.00. The minimum Gasteiger partial charge on any atom is -0.389 e. The van der Waals surface area contributed by atoms with Crippen LogP contribution in [0.2, 0.25) is 0 Å². The Morgan fingerprint density at radius 2 is 1.50 bits per heavy atom. The van der Waals surface area contributed by atoms with E-state index < -0.39 is 6.10 Å². The van der Waals surface area contributed by atoms with E-state index in [0.29, 0.717) is 13.2 Å². The molecule has 0 unspecified atom stereocenters. The maximum absolute atomic E-state index is 10.8. The Balaban J connectivity index is 1.63. The lowest BCUT2D eigenvalue weighted by atomic mass is 9.97. The van der Waals surface area contributed by atoms with E-state index in [1.807, 2.05) is 48.5 Å². The summed E-state index contributed by atoms with van der Waals surface area (Å²) >= 11 is 0. The van der Waals surface area contributed by atoms with Gasteiger partial charge in [-0.2, -0.15) is 0 Å². The van der Waals surface area contributed by atoms with Crippen molar-refractivity contribution in [3.63, 3.8) is 0 Å². The van der Waals surface area contributed by atoms with Gasteiger partial charge in [0, 0.05) is 0 Å². The van der Waals surface area contributed by atoms with E-state index in [0.717, 1.165) is 18.7 Å². The smallest absolute Gasteiger partial charge is 0.0970 e. The average Bonchev–Trinajstić information content (AvgIpc) is 2.65. The summed E-state index contributed by atoms with van der Waals surface area (Å²) in [5.41, 5.74) is 2.31. The van der Waals surface area contributed by atoms with E-state index in [1.165, 1.54) is 24.8 Å². The minimum atomic E-state index is -0.519. The van der Waals surface area contributed by atoms with Crippen molar-refractivity contribution in [2.24, 2.45) is 0 Å². The summed E-state index contributed by atoms with van der Waals surface area (Å²) in [6, 6.07) is 20.5. The molecule has 3 heteroatoms. The van der Waals surface area contributed by atoms with Crippen molar-refractivity contribution in [3.05, 3.63) is 71.8 Å². The third-order valence-corrected chi connectivity index (χ3v) is 4.69. The fourth-order valence-electron chi connectivity index (χ4n) is 3.49. The zero-order valence-corrected chi connectivity index (χ0v) is 14.2. The predicted octanol–water partition coefficient (Wildman–Crippen LogP) is 3.79. The van der Waals surface area contributed by atoms with Crippen LogP contribution in [-0.2, 0) is 11.3 Å². The maximum atomic E-state index is 10.8. The number of ether oxygens (including phenoxy) is 1. The summed E-state index contributed by atoms with van der Waals surface area (Å²) in [5.74, 6) is 0. The molecule has 2 atom stereocenters. The van der Waals surface area contributed by atoms with Crippen LogP contribution in [0, 0.1) is 0 Å². The molecular formula is C21H27NO2. The number of hydrogen-bond donors (Lipinski definition) is 1. The molecule has 3 rings (SSSR count). The fraction of sp³-hybridized carbons (Fsp3) is 0.429. The lowest BCUT2D eigenvalue weighted by Crippen LogP contribution is -2.41. The summed E-state index contributed by atoms with van der Waals surface area (Å²) in [5, 5.41) is 10.8. The van der Waals surface area contributed by atoms with Gasteiger partial charge < -0.3 is 9.84 Å². The summed E-state index contributed by atoms with van der Waals surface area (Å²) in [4.78, 5) is 2.41. The van der Waals surface area contributed by atoms with Gasteiger partial charge in [-0.15, -0.1) is 0 Å². The lowest BCUT2D eigenvalue weighted by Gasteiger charge is -2.37. The molecule has 0 amide bonds. The van der Waals surface area contributed by atoms with Gasteiger partial charge in [-0.25, -0.2) is 0 Å². The average molecular weight is 325 g/mol. The molecule has 24 heavy (non-hydrogen) atoms. The molecule has 1 fully saturated rings. The molecule has 0 aliphatic carbocycles. The summed E-state index contributed by atoms with van der Waals surface area (Å²) < 4.78 is 5.80. The topological polar surface area (TPSA) is 32.7 Å². The van der Waals surface area contributed by atoms with E-state index in [2.05, 4.69) is 17.0 Å². The van der Waals surface area contributed by atoms with Crippen molar-refractivity contribution in [1.29, 1.82) is 0 Å². The van der Waals surface area contributed by atoms with Crippen molar-refractivity contribution in [1.82, 2.24) is 4.90 Å². The molecule has 2 aromatic rings. The fourth-order valence-corrected chi connectivity index (χ4v) is 3.49. The van der Waals surface area contributed by atoms with Gasteiger partial charge in [0.25, 0.3) is 0 Å². The highest BCUT2D eigenvalue weighted by molar-refractivity contribution is 5.20. The van der Waals surface area contributed by atoms with E-state index in [4.69, 9.17) is 4.74 Å². The van der Waals surface area contributed by atoms with Crippen molar-refractivity contribution >= 4 is 0 Å². The number of nitrogens with zero attached hydrogens (tertiary/aromatic N) is 1. The molecule has 1 aliphatic heterocycles. The Labute approximate surface area is 144 Å². The molecule has 1 N–H and O–H groups in total. The first kappa shape index (κ1) is 17.2. The monoisotopic (exact) mass is 325 g/mol. The maximum Gasteiger partial charge on any atom is 0.0970 e. The third kappa shape index (κ3) is 4.67. The van der Waals surface area contributed by atoms with Crippen LogP contribution in [0.3, 0.4) is 0 Å². The van der Waals surface area contributed by atoms with Crippen molar-refractivity contribution < 1.29 is 9.84 Å². The molecule has 0 bridgehead atoms. The zero-order valence-electron chi connectivity index (χ0n) is 14.2. The number of hydrogen-bond acceptors (Lipinski definition) is 3. The van der Waals surface area contributed by atoms with Crippen LogP contribution in [0.4, 0.5) is 0 Å². The first-order chi connectivity index (χ1) is 11.8. The summed E-state index contributed by atoms with van der Waals surface area (Å²) in [6.07, 6.45) is 3.19. The van der Waals surface area contributed by atoms with Crippen LogP contribution < -0.4 is 0 Å². The molecule has 128 valence electrons. The quantitative estimate of drug-likeness (QED) is 0.840. The van der Waals surface area contributed by atoms with Gasteiger partial charge in [-0.1, -0.05) is 67.1 Å². The first-order valence-electron chi connectivity index (χ1n) is 8.93. The number of benzene rings is 2. The predicted molar refractivity (Wildman–Crippen MR) is 96.7 cm³/mol. The van der Waals surface area contributed by atoms with E-state index in [-0.39, 0.29) is 6.04 Å². The van der Waals surface area contributed by atoms with Crippen molar-refractivity contribution in [2.45, 2.75) is 38.0 Å². The zero-order chi connectivity index (χ0) is 16.6. The third-order valence-electron chi connectivity index (χ3n) is 4.69. The second-order valence-electron chi connectivity index (χ2n) is 6.52. The minimum absolute atomic E-state index is 0.0160. The lowest BCUT2D eigenvalue weighted by molar-refractivity contribution is -0.0286. The van der Waals surface area contributed by atoms with Crippen LogP contribution in [0.15, 0.2) is 60.7 Å². The van der Waals surface area contributed by atoms with Gasteiger partial charge in [0.05, 0.1) is 25.4 Å². The van der Waals surface area contributed by atoms with Crippen molar-refractivity contribution in [3.8, 4) is 0 Å². The van der Waals surface area contributed by atoms with Gasteiger partial charge in [-0.3, -0.25) is 4.90 Å². The highest BCUT2D eigenvalue weighted by atomic mass is 16.5. The number of piperidine rings is 1. The van der Waals surface area contributed by atoms with Crippen molar-refractivity contribution in [2.75, 3.05) is 19.7 Å². The molecule has 1 heterocycles. The Morgan fingerprint density at radius 3 is 2.17 bits per heavy atom. The van der Waals surface area contributed by atoms with E-state index in [1.54, 1.807) is 0 Å². The summed E-state index contributed by atoms with van der Waals surface area (Å²) in [7, 11) is 0. The highest BCUT2D eigenvalue weighted by Gasteiger charge is 2.28. The number of rotatable bonds is 7. The molecule has 0 spiro atoms. The van der Waals surface area contributed by atoms with Crippen LogP contribution >= 0.6 is 0 Å². The largest absolute Gasteiger partial charge is 0.389 e. The Hall–Kier alpha value is -1.68. The molecule has 1 aliphatic rings. The Morgan fingerprint density at radius 1 is 0.875 bits per heavy atom. The molecule has 0 radical (unpaired) electrons. The van der Waals surface area contributed by atoms with Gasteiger partial charge in [0.1, 0.15) is 0 Å². The molecule has 1 saturated heterocycles. The highest BCUT2D eigenvalue weighted by Crippen LogP contribution is 2.28. The molecule has 2 aromatic carbocycles. The van der Waals surface area contributed by atoms with E-state index in [9.17, 15) is 5.11 Å².